The Bertz CT molecular complexity index is 820. The van der Waals surface area contributed by atoms with Crippen LogP contribution in [0.5, 0.6) is 0 Å². The molecule has 0 aromatic carbocycles. The van der Waals surface area contributed by atoms with Crippen LogP contribution in [0.15, 0.2) is 4.42 Å². The van der Waals surface area contributed by atoms with E-state index in [0.717, 1.165) is 0 Å². The third-order valence-corrected chi connectivity index (χ3v) is 5.81. The lowest BCUT2D eigenvalue weighted by atomic mass is 9.82. The zero-order valence-electron chi connectivity index (χ0n) is 17.2. The van der Waals surface area contributed by atoms with Gasteiger partial charge in [-0.05, 0) is 32.1 Å². The number of rotatable bonds is 5. The molecule has 2 saturated heterocycles. The van der Waals surface area contributed by atoms with Gasteiger partial charge in [0.15, 0.2) is 0 Å². The third-order valence-electron chi connectivity index (χ3n) is 5.81. The lowest BCUT2D eigenvalue weighted by Crippen LogP contribution is -2.47. The summed E-state index contributed by atoms with van der Waals surface area (Å²) in [6, 6.07) is -0.832. The minimum absolute atomic E-state index is 0.0970. The second kappa shape index (κ2) is 9.25. The standard InChI is InChI=1S/C18H22F6N4O5/c19-17(20,21)32-11-3-4-28(7-11)16(29)25-10-1-2-13(30-8-10)15-27-26-14(31-15)9-5-12(6-9)33-18(22,23)24/h9-13H,1-8H2,(H,25,29)/t9-,10-,11?,12+,13+/m0/s1. The Morgan fingerprint density at radius 3 is 2.27 bits per heavy atom. The lowest BCUT2D eigenvalue weighted by molar-refractivity contribution is -0.352. The van der Waals surface area contributed by atoms with Crippen LogP contribution >= 0.6 is 0 Å². The summed E-state index contributed by atoms with van der Waals surface area (Å²) < 4.78 is 92.7. The largest absolute Gasteiger partial charge is 0.522 e. The lowest BCUT2D eigenvalue weighted by Gasteiger charge is -2.33. The average molecular weight is 488 g/mol. The van der Waals surface area contributed by atoms with E-state index in [1.54, 1.807) is 0 Å². The molecule has 2 amide bonds. The number of ether oxygens (including phenoxy) is 3. The van der Waals surface area contributed by atoms with Crippen LogP contribution in [0.25, 0.3) is 0 Å². The van der Waals surface area contributed by atoms with Gasteiger partial charge >= 0.3 is 18.8 Å². The molecule has 1 unspecified atom stereocenters. The highest BCUT2D eigenvalue weighted by atomic mass is 19.4. The maximum absolute atomic E-state index is 12.3. The summed E-state index contributed by atoms with van der Waals surface area (Å²) in [5, 5.41) is 10.6. The van der Waals surface area contributed by atoms with Crippen LogP contribution in [0.3, 0.4) is 0 Å². The van der Waals surface area contributed by atoms with Crippen molar-refractivity contribution in [3.63, 3.8) is 0 Å². The Labute approximate surface area is 183 Å². The third kappa shape index (κ3) is 6.47. The number of urea groups is 1. The summed E-state index contributed by atoms with van der Waals surface area (Å²) in [5.74, 6) is 0.136. The van der Waals surface area contributed by atoms with Crippen molar-refractivity contribution in [1.82, 2.24) is 20.4 Å². The van der Waals surface area contributed by atoms with Gasteiger partial charge in [0.2, 0.25) is 11.8 Å². The van der Waals surface area contributed by atoms with Gasteiger partial charge in [0.05, 0.1) is 24.9 Å². The summed E-state index contributed by atoms with van der Waals surface area (Å²) >= 11 is 0. The second-order valence-electron chi connectivity index (χ2n) is 8.30. The van der Waals surface area contributed by atoms with E-state index < -0.39 is 37.1 Å². The van der Waals surface area contributed by atoms with E-state index in [-0.39, 0.29) is 62.7 Å². The summed E-state index contributed by atoms with van der Waals surface area (Å²) in [6.07, 6.45) is -10.6. The molecule has 1 aromatic heterocycles. The van der Waals surface area contributed by atoms with Crippen LogP contribution in [-0.4, -0.2) is 71.8 Å². The van der Waals surface area contributed by atoms with E-state index in [4.69, 9.17) is 9.15 Å². The second-order valence-corrected chi connectivity index (χ2v) is 8.30. The number of aromatic nitrogens is 2. The number of carbonyl (C=O) groups excluding carboxylic acids is 1. The molecule has 0 bridgehead atoms. The number of alkyl halides is 6. The van der Waals surface area contributed by atoms with Gasteiger partial charge in [0, 0.05) is 19.0 Å². The molecule has 3 aliphatic rings. The molecule has 2 aliphatic heterocycles. The monoisotopic (exact) mass is 488 g/mol. The van der Waals surface area contributed by atoms with Gasteiger partial charge in [-0.25, -0.2) is 4.79 Å². The molecule has 1 aromatic rings. The Morgan fingerprint density at radius 1 is 0.970 bits per heavy atom. The van der Waals surface area contributed by atoms with Crippen LogP contribution < -0.4 is 5.32 Å². The van der Waals surface area contributed by atoms with E-state index in [2.05, 4.69) is 25.0 Å². The summed E-state index contributed by atoms with van der Waals surface area (Å²) in [5.41, 5.74) is 0. The molecule has 186 valence electrons. The average Bonchev–Trinajstić information content (AvgIpc) is 3.33. The van der Waals surface area contributed by atoms with Crippen molar-refractivity contribution in [3.05, 3.63) is 11.8 Å². The van der Waals surface area contributed by atoms with Gasteiger partial charge in [-0.3, -0.25) is 9.47 Å². The first-order chi connectivity index (χ1) is 15.4. The predicted octanol–water partition coefficient (Wildman–Crippen LogP) is 3.39. The number of halogens is 6. The maximum atomic E-state index is 12.3. The topological polar surface area (TPSA) is 99.0 Å². The van der Waals surface area contributed by atoms with Crippen LogP contribution in [0.1, 0.15) is 55.9 Å². The van der Waals surface area contributed by atoms with E-state index in [0.29, 0.717) is 12.8 Å². The first-order valence-electron chi connectivity index (χ1n) is 10.4. The van der Waals surface area contributed by atoms with Gasteiger partial charge in [-0.2, -0.15) is 0 Å². The molecular formula is C18H22F6N4O5. The van der Waals surface area contributed by atoms with Crippen molar-refractivity contribution in [2.24, 2.45) is 0 Å². The molecule has 15 heteroatoms. The zero-order chi connectivity index (χ0) is 23.8. The Kier molecular flexibility index (Phi) is 6.73. The predicted molar refractivity (Wildman–Crippen MR) is 94.6 cm³/mol. The van der Waals surface area contributed by atoms with Crippen molar-refractivity contribution in [1.29, 1.82) is 0 Å². The normalized spacial score (nSPS) is 30.8. The fraction of sp³-hybridized carbons (Fsp3) is 0.833. The fourth-order valence-corrected chi connectivity index (χ4v) is 4.12. The Morgan fingerprint density at radius 2 is 1.64 bits per heavy atom. The molecule has 1 saturated carbocycles. The van der Waals surface area contributed by atoms with Crippen LogP contribution in [-0.2, 0) is 14.2 Å². The highest BCUT2D eigenvalue weighted by Gasteiger charge is 2.43. The molecule has 0 radical (unpaired) electrons. The van der Waals surface area contributed by atoms with Crippen molar-refractivity contribution in [2.45, 2.75) is 75.1 Å². The molecule has 1 aliphatic carbocycles. The number of nitrogens with zero attached hydrogens (tertiary/aromatic N) is 3. The number of carbonyl (C=O) groups is 1. The first kappa shape index (κ1) is 24.0. The smallest absolute Gasteiger partial charge is 0.422 e. The molecule has 33 heavy (non-hydrogen) atoms. The first-order valence-corrected chi connectivity index (χ1v) is 10.4. The van der Waals surface area contributed by atoms with Crippen molar-refractivity contribution in [2.75, 3.05) is 19.7 Å². The number of amides is 2. The SMILES string of the molecule is O=C(N[C@H]1CC[C@H](c2nnc([C@H]3C[C@@H](OC(F)(F)F)C3)o2)OC1)N1CCC(OC(F)(F)F)C1. The van der Waals surface area contributed by atoms with Crippen LogP contribution in [0, 0.1) is 0 Å². The van der Waals surface area contributed by atoms with E-state index in [1.165, 1.54) is 4.90 Å². The Balaban J connectivity index is 1.18. The minimum Gasteiger partial charge on any atom is -0.422 e. The quantitative estimate of drug-likeness (QED) is 0.635. The van der Waals surface area contributed by atoms with E-state index >= 15 is 0 Å². The van der Waals surface area contributed by atoms with Crippen molar-refractivity contribution < 1.29 is 49.8 Å². The van der Waals surface area contributed by atoms with Gasteiger partial charge in [0.1, 0.15) is 6.10 Å². The summed E-state index contributed by atoms with van der Waals surface area (Å²) in [6.45, 7) is 0.140. The molecule has 1 N–H and O–H groups in total. The molecule has 3 heterocycles. The van der Waals surface area contributed by atoms with E-state index in [9.17, 15) is 31.1 Å². The number of hydrogen-bond donors (Lipinski definition) is 1. The molecule has 9 nitrogen and oxygen atoms in total. The zero-order valence-corrected chi connectivity index (χ0v) is 17.2. The molecule has 3 atom stereocenters. The molecule has 0 spiro atoms. The number of likely N-dealkylation sites (tertiary alicyclic amines) is 1. The maximum Gasteiger partial charge on any atom is 0.522 e. The van der Waals surface area contributed by atoms with Crippen molar-refractivity contribution in [3.8, 4) is 0 Å². The molecular weight excluding hydrogens is 466 g/mol. The fourth-order valence-electron chi connectivity index (χ4n) is 4.12. The molecule has 4 rings (SSSR count). The summed E-state index contributed by atoms with van der Waals surface area (Å²) in [4.78, 5) is 13.6. The van der Waals surface area contributed by atoms with Gasteiger partial charge in [-0.1, -0.05) is 0 Å². The van der Waals surface area contributed by atoms with Gasteiger partial charge < -0.3 is 19.4 Å². The van der Waals surface area contributed by atoms with Crippen LogP contribution in [0.4, 0.5) is 31.1 Å². The molecule has 3 fully saturated rings. The van der Waals surface area contributed by atoms with Crippen molar-refractivity contribution >= 4 is 6.03 Å². The summed E-state index contributed by atoms with van der Waals surface area (Å²) in [7, 11) is 0. The minimum atomic E-state index is -4.74. The highest BCUT2D eigenvalue weighted by Crippen LogP contribution is 2.41. The van der Waals surface area contributed by atoms with Gasteiger partial charge in [0.25, 0.3) is 0 Å². The highest BCUT2D eigenvalue weighted by molar-refractivity contribution is 5.74. The van der Waals surface area contributed by atoms with Gasteiger partial charge in [-0.15, -0.1) is 36.5 Å². The van der Waals surface area contributed by atoms with E-state index in [1.807, 2.05) is 0 Å². The number of nitrogens with one attached hydrogen (secondary N) is 1. The Hall–Kier alpha value is -2.13. The number of hydrogen-bond acceptors (Lipinski definition) is 7. The van der Waals surface area contributed by atoms with Crippen LogP contribution in [0.2, 0.25) is 0 Å².